The predicted molar refractivity (Wildman–Crippen MR) is 78.1 cm³/mol. The second-order valence-electron chi connectivity index (χ2n) is 4.37. The van der Waals surface area contributed by atoms with Crippen molar-refractivity contribution in [2.24, 2.45) is 0 Å². The van der Waals surface area contributed by atoms with Crippen molar-refractivity contribution in [2.45, 2.75) is 13.8 Å². The Kier molecular flexibility index (Phi) is 4.87. The SMILES string of the molecule is COc1ncc(C)cc1O[B]Oc1cc(C)cnc1OC. The summed E-state index contributed by atoms with van der Waals surface area (Å²) in [5.41, 5.74) is 1.91. The van der Waals surface area contributed by atoms with E-state index in [1.165, 1.54) is 21.9 Å². The number of hydrogen-bond acceptors (Lipinski definition) is 6. The van der Waals surface area contributed by atoms with Gasteiger partial charge in [-0.05, 0) is 37.1 Å². The third-order valence-corrected chi connectivity index (χ3v) is 2.65. The van der Waals surface area contributed by atoms with Crippen molar-refractivity contribution in [1.29, 1.82) is 0 Å². The lowest BCUT2D eigenvalue weighted by molar-refractivity contribution is 0.355. The number of hydrogen-bond donors (Lipinski definition) is 0. The van der Waals surface area contributed by atoms with Crippen molar-refractivity contribution in [2.75, 3.05) is 14.2 Å². The van der Waals surface area contributed by atoms with Gasteiger partial charge in [0.15, 0.2) is 11.5 Å². The first-order valence-corrected chi connectivity index (χ1v) is 6.30. The summed E-state index contributed by atoms with van der Waals surface area (Å²) in [6, 6.07) is 3.61. The maximum atomic E-state index is 5.43. The Morgan fingerprint density at radius 1 is 0.810 bits per heavy atom. The zero-order chi connectivity index (χ0) is 15.2. The van der Waals surface area contributed by atoms with Crippen molar-refractivity contribution in [1.82, 2.24) is 9.97 Å². The Morgan fingerprint density at radius 2 is 1.24 bits per heavy atom. The van der Waals surface area contributed by atoms with E-state index in [0.29, 0.717) is 23.3 Å². The predicted octanol–water partition coefficient (Wildman–Crippen LogP) is 2.10. The highest BCUT2D eigenvalue weighted by atomic mass is 16.6. The van der Waals surface area contributed by atoms with Crippen molar-refractivity contribution < 1.29 is 18.8 Å². The lowest BCUT2D eigenvalue weighted by Crippen LogP contribution is -2.13. The van der Waals surface area contributed by atoms with E-state index in [0.717, 1.165) is 11.1 Å². The molecule has 6 nitrogen and oxygen atoms in total. The van der Waals surface area contributed by atoms with Crippen LogP contribution in [-0.2, 0) is 0 Å². The van der Waals surface area contributed by atoms with Crippen LogP contribution in [0.2, 0.25) is 0 Å². The van der Waals surface area contributed by atoms with Crippen LogP contribution in [0.25, 0.3) is 0 Å². The van der Waals surface area contributed by atoms with E-state index < -0.39 is 0 Å². The number of aryl methyl sites for hydroxylation is 2. The van der Waals surface area contributed by atoms with Crippen LogP contribution in [0.5, 0.6) is 23.3 Å². The number of rotatable bonds is 6. The molecule has 0 aliphatic rings. The molecule has 0 aliphatic heterocycles. The van der Waals surface area contributed by atoms with E-state index >= 15 is 0 Å². The molecule has 7 heteroatoms. The summed E-state index contributed by atoms with van der Waals surface area (Å²) in [5, 5.41) is 0. The van der Waals surface area contributed by atoms with Gasteiger partial charge in [0.25, 0.3) is 11.8 Å². The average molecular weight is 287 g/mol. The zero-order valence-electron chi connectivity index (χ0n) is 12.4. The summed E-state index contributed by atoms with van der Waals surface area (Å²) in [5.74, 6) is 1.71. The molecule has 1 radical (unpaired) electrons. The van der Waals surface area contributed by atoms with Crippen LogP contribution in [0.15, 0.2) is 24.5 Å². The highest BCUT2D eigenvalue weighted by Crippen LogP contribution is 2.26. The van der Waals surface area contributed by atoms with E-state index in [2.05, 4.69) is 9.97 Å². The summed E-state index contributed by atoms with van der Waals surface area (Å²) in [6.07, 6.45) is 3.39. The molecule has 2 rings (SSSR count). The topological polar surface area (TPSA) is 62.7 Å². The van der Waals surface area contributed by atoms with E-state index in [1.54, 1.807) is 24.5 Å². The normalized spacial score (nSPS) is 9.90. The number of nitrogens with zero attached hydrogens (tertiary/aromatic N) is 2. The van der Waals surface area contributed by atoms with Gasteiger partial charge < -0.3 is 18.8 Å². The summed E-state index contributed by atoms with van der Waals surface area (Å²) in [6.45, 7) is 3.82. The molecular weight excluding hydrogens is 271 g/mol. The first-order chi connectivity index (χ1) is 10.1. The first-order valence-electron chi connectivity index (χ1n) is 6.30. The maximum Gasteiger partial charge on any atom is 0.658 e. The summed E-state index contributed by atoms with van der Waals surface area (Å²) in [7, 11) is 4.25. The monoisotopic (exact) mass is 287 g/mol. The summed E-state index contributed by atoms with van der Waals surface area (Å²) < 4.78 is 21.1. The molecule has 0 saturated carbocycles. The molecule has 21 heavy (non-hydrogen) atoms. The summed E-state index contributed by atoms with van der Waals surface area (Å²) in [4.78, 5) is 8.22. The standard InChI is InChI=1S/C14H16BN2O4/c1-9-5-11(13(18-3)16-7-9)20-15-21-12-6-10(2)8-17-14(12)19-4/h5-8H,1-4H3. The van der Waals surface area contributed by atoms with Crippen LogP contribution in [-0.4, -0.2) is 31.9 Å². The second kappa shape index (κ2) is 6.83. The number of aromatic nitrogens is 2. The van der Waals surface area contributed by atoms with Gasteiger partial charge in [-0.3, -0.25) is 0 Å². The van der Waals surface area contributed by atoms with Crippen molar-refractivity contribution in [3.05, 3.63) is 35.7 Å². The second-order valence-corrected chi connectivity index (χ2v) is 4.37. The van der Waals surface area contributed by atoms with Crippen LogP contribution in [0.1, 0.15) is 11.1 Å². The van der Waals surface area contributed by atoms with Gasteiger partial charge in [-0.1, -0.05) is 0 Å². The van der Waals surface area contributed by atoms with Gasteiger partial charge in [0.05, 0.1) is 14.2 Å². The minimum atomic E-state index is 0.384. The maximum absolute atomic E-state index is 5.43. The molecule has 0 unspecified atom stereocenters. The minimum absolute atomic E-state index is 0.384. The largest absolute Gasteiger partial charge is 0.658 e. The van der Waals surface area contributed by atoms with E-state index in [-0.39, 0.29) is 0 Å². The highest BCUT2D eigenvalue weighted by molar-refractivity contribution is 6.21. The first kappa shape index (κ1) is 15.0. The van der Waals surface area contributed by atoms with Crippen molar-refractivity contribution >= 4 is 7.69 Å². The number of pyridine rings is 2. The quantitative estimate of drug-likeness (QED) is 0.758. The molecule has 0 aromatic carbocycles. The van der Waals surface area contributed by atoms with Gasteiger partial charge in [0.1, 0.15) is 0 Å². The Balaban J connectivity index is 2.05. The molecule has 2 aromatic heterocycles. The van der Waals surface area contributed by atoms with Gasteiger partial charge in [-0.2, -0.15) is 0 Å². The molecule has 2 aromatic rings. The summed E-state index contributed by atoms with van der Waals surface area (Å²) >= 11 is 0. The Hall–Kier alpha value is -2.44. The third-order valence-electron chi connectivity index (χ3n) is 2.65. The van der Waals surface area contributed by atoms with Crippen LogP contribution >= 0.6 is 0 Å². The van der Waals surface area contributed by atoms with Crippen LogP contribution in [0.3, 0.4) is 0 Å². The smallest absolute Gasteiger partial charge is 0.522 e. The van der Waals surface area contributed by atoms with Crippen LogP contribution in [0, 0.1) is 13.8 Å². The van der Waals surface area contributed by atoms with Crippen LogP contribution < -0.4 is 18.8 Å². The zero-order valence-corrected chi connectivity index (χ0v) is 12.4. The van der Waals surface area contributed by atoms with Gasteiger partial charge in [0.2, 0.25) is 0 Å². The molecule has 0 amide bonds. The Morgan fingerprint density at radius 3 is 1.62 bits per heavy atom. The van der Waals surface area contributed by atoms with Gasteiger partial charge in [-0.15, -0.1) is 0 Å². The molecular formula is C14H16BN2O4. The van der Waals surface area contributed by atoms with E-state index in [4.69, 9.17) is 18.8 Å². The molecule has 0 saturated heterocycles. The fourth-order valence-electron chi connectivity index (χ4n) is 1.66. The lowest BCUT2D eigenvalue weighted by atomic mass is 10.2. The molecule has 0 aliphatic carbocycles. The van der Waals surface area contributed by atoms with Gasteiger partial charge >= 0.3 is 7.69 Å². The fraction of sp³-hybridized carbons (Fsp3) is 0.286. The Bertz CT molecular complexity index is 568. The van der Waals surface area contributed by atoms with Crippen molar-refractivity contribution in [3.8, 4) is 23.3 Å². The molecule has 0 N–H and O–H groups in total. The molecule has 109 valence electrons. The molecule has 0 atom stereocenters. The lowest BCUT2D eigenvalue weighted by Gasteiger charge is -2.11. The third kappa shape index (κ3) is 3.78. The number of ether oxygens (including phenoxy) is 2. The van der Waals surface area contributed by atoms with Gasteiger partial charge in [0, 0.05) is 12.4 Å². The minimum Gasteiger partial charge on any atom is -0.522 e. The molecule has 0 spiro atoms. The molecule has 0 fully saturated rings. The van der Waals surface area contributed by atoms with Crippen LogP contribution in [0.4, 0.5) is 0 Å². The Labute approximate surface area is 124 Å². The molecule has 0 bridgehead atoms. The van der Waals surface area contributed by atoms with E-state index in [1.807, 2.05) is 13.8 Å². The van der Waals surface area contributed by atoms with Gasteiger partial charge in [-0.25, -0.2) is 9.97 Å². The highest BCUT2D eigenvalue weighted by Gasteiger charge is 2.12. The number of methoxy groups -OCH3 is 2. The van der Waals surface area contributed by atoms with Crippen molar-refractivity contribution in [3.63, 3.8) is 0 Å². The fourth-order valence-corrected chi connectivity index (χ4v) is 1.66. The average Bonchev–Trinajstić information content (AvgIpc) is 2.48. The molecule has 2 heterocycles. The van der Waals surface area contributed by atoms with E-state index in [9.17, 15) is 0 Å².